The molecule has 5 nitrogen and oxygen atoms in total. The fourth-order valence-corrected chi connectivity index (χ4v) is 4.88. The highest BCUT2D eigenvalue weighted by molar-refractivity contribution is 8.00. The average molecular weight is 353 g/mol. The molecule has 1 amide bonds. The molecule has 0 spiro atoms. The quantitative estimate of drug-likeness (QED) is 0.774. The maximum absolute atomic E-state index is 13.9. The smallest absolute Gasteiger partial charge is 0.256 e. The van der Waals surface area contributed by atoms with Crippen LogP contribution in [0.15, 0.2) is 12.1 Å². The van der Waals surface area contributed by atoms with Gasteiger partial charge in [-0.1, -0.05) is 0 Å². The molecule has 1 aromatic carbocycles. The summed E-state index contributed by atoms with van der Waals surface area (Å²) in [5.74, 6) is 0.288. The van der Waals surface area contributed by atoms with Crippen molar-refractivity contribution in [2.75, 3.05) is 25.5 Å². The summed E-state index contributed by atoms with van der Waals surface area (Å²) in [5, 5.41) is 0.301. The molecule has 1 aromatic heterocycles. The summed E-state index contributed by atoms with van der Waals surface area (Å²) in [4.78, 5) is 20.8. The van der Waals surface area contributed by atoms with Gasteiger partial charge in [-0.25, -0.2) is 4.39 Å². The monoisotopic (exact) mass is 353 g/mol. The van der Waals surface area contributed by atoms with Crippen molar-refractivity contribution in [3.63, 3.8) is 0 Å². The summed E-state index contributed by atoms with van der Waals surface area (Å²) in [5.41, 5.74) is 1.43. The molecule has 4 rings (SSSR count). The Morgan fingerprint density at radius 1 is 1.43 bits per heavy atom. The summed E-state index contributed by atoms with van der Waals surface area (Å²) in [7, 11) is 0. The number of H-pyrrole nitrogens is 2. The summed E-state index contributed by atoms with van der Waals surface area (Å²) in [6, 6.07) is 2.79. The van der Waals surface area contributed by atoms with Gasteiger partial charge in [0.25, 0.3) is 5.91 Å². The number of nitrogens with zero attached hydrogens (tertiary/aromatic N) is 1. The minimum absolute atomic E-state index is 0.142. The van der Waals surface area contributed by atoms with E-state index in [2.05, 4.69) is 9.97 Å². The maximum atomic E-state index is 13.9. The molecule has 2 aliphatic rings. The molecule has 3 heterocycles. The molecule has 0 aliphatic carbocycles. The van der Waals surface area contributed by atoms with Gasteiger partial charge >= 0.3 is 0 Å². The van der Waals surface area contributed by atoms with E-state index in [0.29, 0.717) is 46.4 Å². The highest BCUT2D eigenvalue weighted by Crippen LogP contribution is 2.32. The van der Waals surface area contributed by atoms with E-state index in [1.165, 1.54) is 12.1 Å². The largest absolute Gasteiger partial charge is 0.380 e. The van der Waals surface area contributed by atoms with Crippen molar-refractivity contribution in [1.29, 1.82) is 0 Å². The van der Waals surface area contributed by atoms with E-state index in [4.69, 9.17) is 17.0 Å². The molecular formula is C15H16FN3O2S2. The van der Waals surface area contributed by atoms with E-state index in [1.807, 2.05) is 16.7 Å². The molecule has 2 fully saturated rings. The Balaban J connectivity index is 1.75. The number of carbonyl (C=O) groups excluding carboxylic acids is 1. The van der Waals surface area contributed by atoms with Crippen LogP contribution in [0.3, 0.4) is 0 Å². The lowest BCUT2D eigenvalue weighted by molar-refractivity contribution is 0.0320. The van der Waals surface area contributed by atoms with Crippen LogP contribution >= 0.6 is 24.0 Å². The standard InChI is InChI=1S/C15H16FN3O2S2/c16-8-5-9(13-10(6-8)17-15(22)18-13)14(20)19-2-4-23-12-7-21-3-1-11(12)19/h5-6,11-12H,1-4,7H2,(H2,17,18,22)/t11-,12-/m1/s1. The predicted octanol–water partition coefficient (Wildman–Crippen LogP) is 2.71. The Morgan fingerprint density at radius 3 is 3.17 bits per heavy atom. The predicted molar refractivity (Wildman–Crippen MR) is 89.9 cm³/mol. The van der Waals surface area contributed by atoms with Gasteiger partial charge in [0.1, 0.15) is 5.82 Å². The Labute approximate surface area is 141 Å². The zero-order chi connectivity index (χ0) is 16.0. The molecule has 122 valence electrons. The van der Waals surface area contributed by atoms with E-state index < -0.39 is 5.82 Å². The Bertz CT molecular complexity index is 817. The van der Waals surface area contributed by atoms with Gasteiger partial charge in [-0.2, -0.15) is 11.8 Å². The third-order valence-electron chi connectivity index (χ3n) is 4.41. The van der Waals surface area contributed by atoms with Crippen molar-refractivity contribution in [3.05, 3.63) is 28.3 Å². The molecule has 0 radical (unpaired) electrons. The lowest BCUT2D eigenvalue weighted by Crippen LogP contribution is -2.54. The first-order valence-electron chi connectivity index (χ1n) is 7.55. The number of ether oxygens (including phenoxy) is 1. The molecule has 0 saturated carbocycles. The van der Waals surface area contributed by atoms with Crippen molar-refractivity contribution in [3.8, 4) is 0 Å². The second-order valence-corrected chi connectivity index (χ2v) is 7.55. The lowest BCUT2D eigenvalue weighted by atomic mass is 10.0. The molecule has 2 N–H and O–H groups in total. The summed E-state index contributed by atoms with van der Waals surface area (Å²) >= 11 is 6.92. The Morgan fingerprint density at radius 2 is 2.30 bits per heavy atom. The van der Waals surface area contributed by atoms with E-state index >= 15 is 0 Å². The number of rotatable bonds is 1. The SMILES string of the molecule is O=C(c1cc(F)cc2[nH]c(=S)[nH]c12)N1CCS[C@@H]2COCC[C@H]21. The fourth-order valence-electron chi connectivity index (χ4n) is 3.37. The number of halogens is 1. The number of carbonyl (C=O) groups is 1. The van der Waals surface area contributed by atoms with Crippen LogP contribution in [-0.4, -0.2) is 57.6 Å². The van der Waals surface area contributed by atoms with Crippen molar-refractivity contribution in [2.45, 2.75) is 17.7 Å². The van der Waals surface area contributed by atoms with Crippen LogP contribution in [0.25, 0.3) is 11.0 Å². The second-order valence-electron chi connectivity index (χ2n) is 5.79. The van der Waals surface area contributed by atoms with Crippen molar-refractivity contribution < 1.29 is 13.9 Å². The van der Waals surface area contributed by atoms with Crippen LogP contribution in [0.2, 0.25) is 0 Å². The molecule has 2 atom stereocenters. The van der Waals surface area contributed by atoms with Crippen LogP contribution in [0.1, 0.15) is 16.8 Å². The highest BCUT2D eigenvalue weighted by Gasteiger charge is 2.37. The molecule has 23 heavy (non-hydrogen) atoms. The maximum Gasteiger partial charge on any atom is 0.256 e. The van der Waals surface area contributed by atoms with E-state index in [-0.39, 0.29) is 11.9 Å². The van der Waals surface area contributed by atoms with Crippen molar-refractivity contribution in [2.24, 2.45) is 0 Å². The van der Waals surface area contributed by atoms with Crippen LogP contribution in [0.5, 0.6) is 0 Å². The number of thioether (sulfide) groups is 1. The number of benzene rings is 1. The minimum Gasteiger partial charge on any atom is -0.380 e. The van der Waals surface area contributed by atoms with Gasteiger partial charge < -0.3 is 19.6 Å². The molecule has 0 unspecified atom stereocenters. The van der Waals surface area contributed by atoms with Gasteiger partial charge in [0, 0.05) is 30.2 Å². The number of aromatic amines is 2. The van der Waals surface area contributed by atoms with Crippen LogP contribution in [-0.2, 0) is 4.74 Å². The third kappa shape index (κ3) is 2.68. The van der Waals surface area contributed by atoms with E-state index in [1.54, 1.807) is 0 Å². The number of hydrogen-bond acceptors (Lipinski definition) is 4. The van der Waals surface area contributed by atoms with Gasteiger partial charge in [-0.05, 0) is 30.8 Å². The van der Waals surface area contributed by atoms with E-state index in [0.717, 1.165) is 12.2 Å². The fraction of sp³-hybridized carbons (Fsp3) is 0.467. The van der Waals surface area contributed by atoms with Gasteiger partial charge in [-0.15, -0.1) is 0 Å². The second kappa shape index (κ2) is 5.92. The minimum atomic E-state index is -0.444. The van der Waals surface area contributed by atoms with Crippen molar-refractivity contribution in [1.82, 2.24) is 14.9 Å². The number of aromatic nitrogens is 2. The zero-order valence-corrected chi connectivity index (χ0v) is 13.9. The van der Waals surface area contributed by atoms with Gasteiger partial charge in [0.15, 0.2) is 4.77 Å². The van der Waals surface area contributed by atoms with Crippen LogP contribution < -0.4 is 0 Å². The number of fused-ring (bicyclic) bond motifs is 2. The third-order valence-corrected chi connectivity index (χ3v) is 5.92. The van der Waals surface area contributed by atoms with E-state index in [9.17, 15) is 9.18 Å². The first-order chi connectivity index (χ1) is 11.1. The van der Waals surface area contributed by atoms with Gasteiger partial charge in [-0.3, -0.25) is 4.79 Å². The first kappa shape index (κ1) is 15.2. The molecular weight excluding hydrogens is 337 g/mol. The number of hydrogen-bond donors (Lipinski definition) is 2. The molecule has 2 aromatic rings. The number of imidazole rings is 1. The molecule has 8 heteroatoms. The normalized spacial score (nSPS) is 24.7. The summed E-state index contributed by atoms with van der Waals surface area (Å²) in [6.07, 6.45) is 0.824. The van der Waals surface area contributed by atoms with Crippen molar-refractivity contribution >= 4 is 40.9 Å². The number of amides is 1. The Kier molecular flexibility index (Phi) is 3.90. The van der Waals surface area contributed by atoms with Gasteiger partial charge in [0.05, 0.1) is 23.2 Å². The van der Waals surface area contributed by atoms with Crippen LogP contribution in [0.4, 0.5) is 4.39 Å². The zero-order valence-electron chi connectivity index (χ0n) is 12.3. The molecule has 2 aliphatic heterocycles. The van der Waals surface area contributed by atoms with Crippen LogP contribution in [0, 0.1) is 10.6 Å². The lowest BCUT2D eigenvalue weighted by Gasteiger charge is -2.43. The number of nitrogens with one attached hydrogen (secondary N) is 2. The average Bonchev–Trinajstić information content (AvgIpc) is 2.92. The highest BCUT2D eigenvalue weighted by atomic mass is 32.2. The molecule has 2 saturated heterocycles. The molecule has 0 bridgehead atoms. The summed E-state index contributed by atoms with van der Waals surface area (Å²) in [6.45, 7) is 2.01. The first-order valence-corrected chi connectivity index (χ1v) is 9.01. The topological polar surface area (TPSA) is 61.1 Å². The Hall–Kier alpha value is -1.38. The summed E-state index contributed by atoms with van der Waals surface area (Å²) < 4.78 is 19.8. The van der Waals surface area contributed by atoms with Gasteiger partial charge in [0.2, 0.25) is 0 Å².